The van der Waals surface area contributed by atoms with Crippen molar-refractivity contribution >= 4 is 39.2 Å². The summed E-state index contributed by atoms with van der Waals surface area (Å²) in [5, 5.41) is 0.443. The third-order valence-electron chi connectivity index (χ3n) is 3.44. The largest absolute Gasteiger partial charge is 0.399 e. The summed E-state index contributed by atoms with van der Waals surface area (Å²) in [4.78, 5) is 1.06. The average Bonchev–Trinajstić information content (AvgIpc) is 2.49. The molecule has 2 rings (SSSR count). The van der Waals surface area contributed by atoms with Crippen LogP contribution in [0, 0.1) is 0 Å². The first-order valence-corrected chi connectivity index (χ1v) is 10.7. The minimum atomic E-state index is -3.13. The van der Waals surface area contributed by atoms with Gasteiger partial charge in [-0.05, 0) is 30.7 Å². The van der Waals surface area contributed by atoms with Crippen molar-refractivity contribution in [2.24, 2.45) is 0 Å². The fraction of sp³-hybridized carbons (Fsp3) is 0.571. The molecule has 0 radical (unpaired) electrons. The predicted molar refractivity (Wildman–Crippen MR) is 93.5 cm³/mol. The number of hydrogen-bond acceptors (Lipinski definition) is 5. The minimum absolute atomic E-state index is 0.198. The lowest BCUT2D eigenvalue weighted by Crippen LogP contribution is -2.43. The molecule has 1 atom stereocenters. The van der Waals surface area contributed by atoms with E-state index in [4.69, 9.17) is 5.73 Å². The van der Waals surface area contributed by atoms with Crippen molar-refractivity contribution in [3.8, 4) is 0 Å². The van der Waals surface area contributed by atoms with E-state index < -0.39 is 10.0 Å². The van der Waals surface area contributed by atoms with Gasteiger partial charge in [0.2, 0.25) is 10.0 Å². The van der Waals surface area contributed by atoms with Gasteiger partial charge in [0.25, 0.3) is 0 Å². The minimum Gasteiger partial charge on any atom is -0.399 e. The molecule has 0 bridgehead atoms. The highest BCUT2D eigenvalue weighted by molar-refractivity contribution is 8.01. The van der Waals surface area contributed by atoms with Crippen molar-refractivity contribution < 1.29 is 8.42 Å². The van der Waals surface area contributed by atoms with Crippen LogP contribution < -0.4 is 5.73 Å². The Labute approximate surface area is 135 Å². The second-order valence-electron chi connectivity index (χ2n) is 4.99. The van der Waals surface area contributed by atoms with Gasteiger partial charge in [-0.25, -0.2) is 8.42 Å². The van der Waals surface area contributed by atoms with E-state index in [1.807, 2.05) is 36.0 Å². The highest BCUT2D eigenvalue weighted by atomic mass is 32.2. The quantitative estimate of drug-likeness (QED) is 0.633. The van der Waals surface area contributed by atoms with Crippen LogP contribution >= 0.6 is 23.5 Å². The van der Waals surface area contributed by atoms with Gasteiger partial charge < -0.3 is 5.73 Å². The van der Waals surface area contributed by atoms with Gasteiger partial charge in [0.15, 0.2) is 0 Å². The summed E-state index contributed by atoms with van der Waals surface area (Å²) in [7, 11) is -3.13. The Balaban J connectivity index is 1.84. The normalized spacial score (nSPS) is 20.5. The Morgan fingerprint density at radius 1 is 1.38 bits per heavy atom. The lowest BCUT2D eigenvalue weighted by molar-refractivity contribution is 0.417. The van der Waals surface area contributed by atoms with Crippen LogP contribution in [0.4, 0.5) is 5.69 Å². The number of nitrogen functional groups attached to an aromatic ring is 1. The summed E-state index contributed by atoms with van der Waals surface area (Å²) in [6, 6.07) is 7.53. The second-order valence-corrected chi connectivity index (χ2v) is 9.66. The van der Waals surface area contributed by atoms with Crippen LogP contribution in [0.1, 0.15) is 13.3 Å². The molecule has 0 saturated carbocycles. The summed E-state index contributed by atoms with van der Waals surface area (Å²) in [6.07, 6.45) is 1.02. The molecule has 1 aliphatic heterocycles. The molecule has 2 N–H and O–H groups in total. The second kappa shape index (κ2) is 7.76. The van der Waals surface area contributed by atoms with Crippen LogP contribution in [0.5, 0.6) is 0 Å². The molecule has 0 aliphatic carbocycles. The van der Waals surface area contributed by atoms with Gasteiger partial charge in [-0.1, -0.05) is 6.92 Å². The molecule has 0 aromatic heterocycles. The van der Waals surface area contributed by atoms with Crippen LogP contribution in [0.3, 0.4) is 0 Å². The number of anilines is 1. The zero-order valence-corrected chi connectivity index (χ0v) is 14.6. The van der Waals surface area contributed by atoms with Gasteiger partial charge in [-0.15, -0.1) is 11.8 Å². The molecule has 1 unspecified atom stereocenters. The van der Waals surface area contributed by atoms with Crippen LogP contribution in [-0.2, 0) is 10.0 Å². The van der Waals surface area contributed by atoms with Crippen molar-refractivity contribution in [1.82, 2.24) is 4.31 Å². The van der Waals surface area contributed by atoms with E-state index in [1.54, 1.807) is 16.1 Å². The zero-order valence-electron chi connectivity index (χ0n) is 12.2. The molecule has 0 amide bonds. The van der Waals surface area contributed by atoms with Crippen LogP contribution in [0.15, 0.2) is 29.2 Å². The van der Waals surface area contributed by atoms with Gasteiger partial charge >= 0.3 is 0 Å². The summed E-state index contributed by atoms with van der Waals surface area (Å²) < 4.78 is 26.4. The van der Waals surface area contributed by atoms with E-state index in [2.05, 4.69) is 6.92 Å². The lowest BCUT2D eigenvalue weighted by Gasteiger charge is -2.31. The number of hydrogen-bond donors (Lipinski definition) is 1. The molecule has 4 nitrogen and oxygen atoms in total. The van der Waals surface area contributed by atoms with Gasteiger partial charge in [-0.2, -0.15) is 16.1 Å². The molecule has 1 aromatic rings. The van der Waals surface area contributed by atoms with Crippen molar-refractivity contribution in [1.29, 1.82) is 0 Å². The number of rotatable bonds is 6. The fourth-order valence-corrected chi connectivity index (χ4v) is 6.31. The molecule has 0 spiro atoms. The molecule has 21 heavy (non-hydrogen) atoms. The smallest absolute Gasteiger partial charge is 0.214 e. The van der Waals surface area contributed by atoms with Gasteiger partial charge in [-0.3, -0.25) is 0 Å². The molecular weight excluding hydrogens is 324 g/mol. The Bertz CT molecular complexity index is 546. The van der Waals surface area contributed by atoms with Crippen LogP contribution in [-0.4, -0.2) is 48.3 Å². The Hall–Kier alpha value is -0.370. The van der Waals surface area contributed by atoms with Crippen molar-refractivity contribution in [3.63, 3.8) is 0 Å². The standard InChI is InChI=1S/C14H22N2O2S3/c1-2-13-11-16(7-8-19-13)21(17,18)10-9-20-14-5-3-12(15)4-6-14/h3-6,13H,2,7-11,15H2,1H3. The SMILES string of the molecule is CCC1CN(S(=O)(=O)CCSc2ccc(N)cc2)CCS1. The molecule has 1 aliphatic rings. The number of nitrogens with two attached hydrogens (primary N) is 1. The zero-order chi connectivity index (χ0) is 15.3. The third-order valence-corrected chi connectivity index (χ3v) is 7.92. The van der Waals surface area contributed by atoms with E-state index >= 15 is 0 Å². The third kappa shape index (κ3) is 5.09. The number of sulfonamides is 1. The lowest BCUT2D eigenvalue weighted by atomic mass is 10.3. The Morgan fingerprint density at radius 2 is 2.10 bits per heavy atom. The molecule has 1 saturated heterocycles. The molecule has 1 fully saturated rings. The van der Waals surface area contributed by atoms with Gasteiger partial charge in [0.1, 0.15) is 0 Å². The van der Waals surface area contributed by atoms with Crippen LogP contribution in [0.2, 0.25) is 0 Å². The van der Waals surface area contributed by atoms with Crippen molar-refractivity contribution in [2.75, 3.05) is 36.1 Å². The monoisotopic (exact) mass is 346 g/mol. The van der Waals surface area contributed by atoms with Crippen molar-refractivity contribution in [2.45, 2.75) is 23.5 Å². The summed E-state index contributed by atoms with van der Waals surface area (Å²) in [5.74, 6) is 1.68. The number of nitrogens with zero attached hydrogens (tertiary/aromatic N) is 1. The van der Waals surface area contributed by atoms with Crippen molar-refractivity contribution in [3.05, 3.63) is 24.3 Å². The van der Waals surface area contributed by atoms with Gasteiger partial charge in [0.05, 0.1) is 5.75 Å². The topological polar surface area (TPSA) is 63.4 Å². The highest BCUT2D eigenvalue weighted by Crippen LogP contribution is 2.24. The fourth-order valence-electron chi connectivity index (χ4n) is 2.15. The first kappa shape index (κ1) is 17.0. The van der Waals surface area contributed by atoms with Gasteiger partial charge in [0, 0.05) is 40.4 Å². The molecule has 7 heteroatoms. The summed E-state index contributed by atoms with van der Waals surface area (Å²) in [5.41, 5.74) is 6.36. The number of benzene rings is 1. The summed E-state index contributed by atoms with van der Waals surface area (Å²) in [6.45, 7) is 3.43. The Kier molecular flexibility index (Phi) is 6.28. The average molecular weight is 347 g/mol. The Morgan fingerprint density at radius 3 is 2.76 bits per heavy atom. The molecule has 118 valence electrons. The van der Waals surface area contributed by atoms with E-state index in [-0.39, 0.29) is 5.75 Å². The van der Waals surface area contributed by atoms with E-state index in [9.17, 15) is 8.42 Å². The van der Waals surface area contributed by atoms with E-state index in [0.29, 0.717) is 24.1 Å². The molecule has 1 heterocycles. The maximum absolute atomic E-state index is 12.4. The number of thioether (sulfide) groups is 2. The maximum Gasteiger partial charge on any atom is 0.214 e. The first-order valence-electron chi connectivity index (χ1n) is 7.09. The first-order chi connectivity index (χ1) is 10.0. The summed E-state index contributed by atoms with van der Waals surface area (Å²) >= 11 is 3.44. The molecular formula is C14H22N2O2S3. The predicted octanol–water partition coefficient (Wildman–Crippen LogP) is 2.52. The van der Waals surface area contributed by atoms with Crippen LogP contribution in [0.25, 0.3) is 0 Å². The maximum atomic E-state index is 12.4. The molecule has 1 aromatic carbocycles. The van der Waals surface area contributed by atoms with E-state index in [1.165, 1.54) is 0 Å². The highest BCUT2D eigenvalue weighted by Gasteiger charge is 2.28. The van der Waals surface area contributed by atoms with E-state index in [0.717, 1.165) is 22.8 Å².